The van der Waals surface area contributed by atoms with Crippen LogP contribution in [0.1, 0.15) is 5.82 Å². The third-order valence-corrected chi connectivity index (χ3v) is 6.37. The molecule has 0 spiro atoms. The van der Waals surface area contributed by atoms with Crippen LogP contribution in [-0.4, -0.2) is 117 Å². The minimum atomic E-state index is -4.75. The quantitative estimate of drug-likeness (QED) is 0.231. The molecule has 0 saturated carbocycles. The van der Waals surface area contributed by atoms with Gasteiger partial charge in [0.2, 0.25) is 6.39 Å². The topological polar surface area (TPSA) is 211 Å². The van der Waals surface area contributed by atoms with Crippen molar-refractivity contribution in [3.63, 3.8) is 0 Å². The minimum absolute atomic E-state index is 0. The molecular weight excluding hydrogens is 579 g/mol. The molecule has 18 nitrogen and oxygen atoms in total. The first-order valence-corrected chi connectivity index (χ1v) is 12.5. The number of ether oxygens (including phenoxy) is 1. The van der Waals surface area contributed by atoms with E-state index in [1.807, 2.05) is 0 Å². The van der Waals surface area contributed by atoms with E-state index in [1.165, 1.54) is 16.1 Å². The second-order valence-electron chi connectivity index (χ2n) is 8.67. The maximum atomic E-state index is 13.1. The summed E-state index contributed by atoms with van der Waals surface area (Å²) in [5.41, 5.74) is 1.29. The number of carboxylic acid groups (broad SMARTS) is 1. The van der Waals surface area contributed by atoms with Crippen molar-refractivity contribution in [2.24, 2.45) is 0 Å². The van der Waals surface area contributed by atoms with E-state index >= 15 is 0 Å². The summed E-state index contributed by atoms with van der Waals surface area (Å²) in [5, 5.41) is 14.9. The SMILES string of the molecule is O=C1N2CC(N3C=COC3)=CC(C2)N1OC(F)(F)C(=O)[O-].O=C1N2CC(c3ncon3)=CC(C2)N1OS(=O)(=O)O.[Li+]. The Morgan fingerprint density at radius 3 is 2.37 bits per heavy atom. The van der Waals surface area contributed by atoms with Gasteiger partial charge in [0.15, 0.2) is 12.6 Å². The van der Waals surface area contributed by atoms with Crippen molar-refractivity contribution in [3.8, 4) is 0 Å². The summed E-state index contributed by atoms with van der Waals surface area (Å²) < 4.78 is 70.0. The van der Waals surface area contributed by atoms with Crippen molar-refractivity contribution >= 4 is 34.0 Å². The first kappa shape index (κ1) is 30.2. The van der Waals surface area contributed by atoms with Crippen molar-refractivity contribution in [3.05, 3.63) is 42.5 Å². The van der Waals surface area contributed by atoms with E-state index < -0.39 is 46.6 Å². The zero-order valence-electron chi connectivity index (χ0n) is 20.9. The molecule has 0 radical (unpaired) electrons. The van der Waals surface area contributed by atoms with Crippen LogP contribution in [0.15, 0.2) is 41.2 Å². The Morgan fingerprint density at radius 2 is 1.78 bits per heavy atom. The van der Waals surface area contributed by atoms with Crippen LogP contribution in [0.2, 0.25) is 0 Å². The number of nitrogens with zero attached hydrogens (tertiary/aromatic N) is 7. The van der Waals surface area contributed by atoms with Crippen LogP contribution in [0.5, 0.6) is 0 Å². The largest absolute Gasteiger partial charge is 1.00 e. The molecule has 0 aromatic carbocycles. The van der Waals surface area contributed by atoms with Gasteiger partial charge in [0.25, 0.3) is 0 Å². The molecule has 4 bridgehead atoms. The molecule has 1 N–H and O–H groups in total. The molecule has 216 valence electrons. The van der Waals surface area contributed by atoms with Gasteiger partial charge in [0.05, 0.1) is 25.2 Å². The van der Waals surface area contributed by atoms with Crippen molar-refractivity contribution in [1.29, 1.82) is 0 Å². The van der Waals surface area contributed by atoms with Gasteiger partial charge in [-0.1, -0.05) is 5.16 Å². The molecule has 6 rings (SSSR count). The van der Waals surface area contributed by atoms with E-state index in [9.17, 15) is 36.7 Å². The Morgan fingerprint density at radius 1 is 1.12 bits per heavy atom. The number of carboxylic acids is 1. The minimum Gasteiger partial charge on any atom is -0.542 e. The van der Waals surface area contributed by atoms with Crippen LogP contribution in [0.3, 0.4) is 0 Å². The van der Waals surface area contributed by atoms with E-state index in [2.05, 4.69) is 23.8 Å². The zero-order chi connectivity index (χ0) is 28.8. The first-order valence-electron chi connectivity index (χ1n) is 11.2. The van der Waals surface area contributed by atoms with Gasteiger partial charge in [0, 0.05) is 30.6 Å². The number of amides is 4. The van der Waals surface area contributed by atoms with Crippen molar-refractivity contribution in [2.45, 2.75) is 18.2 Å². The van der Waals surface area contributed by atoms with Gasteiger partial charge in [-0.15, -0.1) is 4.28 Å². The Hall–Kier alpha value is -3.74. The zero-order valence-corrected chi connectivity index (χ0v) is 21.7. The Labute approximate surface area is 241 Å². The number of carbonyl (C=O) groups excluding carboxylic acids is 3. The van der Waals surface area contributed by atoms with E-state index in [0.717, 1.165) is 6.39 Å². The number of aromatic nitrogens is 2. The number of carbonyl (C=O) groups is 3. The van der Waals surface area contributed by atoms with Crippen molar-refractivity contribution in [2.75, 3.05) is 32.9 Å². The fourth-order valence-corrected chi connectivity index (χ4v) is 4.72. The van der Waals surface area contributed by atoms with Gasteiger partial charge in [-0.3, -0.25) is 4.55 Å². The number of hydrogen-bond acceptors (Lipinski definition) is 13. The number of hydroxylamine groups is 4. The predicted molar refractivity (Wildman–Crippen MR) is 116 cm³/mol. The molecule has 5 aliphatic rings. The van der Waals surface area contributed by atoms with E-state index in [1.54, 1.807) is 23.3 Å². The molecule has 41 heavy (non-hydrogen) atoms. The molecular formula is C19H18F2LiN7O11S. The number of aliphatic carboxylic acids is 1. The number of alkyl halides is 2. The average molecular weight is 597 g/mol. The van der Waals surface area contributed by atoms with Crippen molar-refractivity contribution in [1.82, 2.24) is 35.0 Å². The number of fused-ring (bicyclic) bond motifs is 4. The van der Waals surface area contributed by atoms with Crippen molar-refractivity contribution < 1.29 is 78.5 Å². The molecule has 1 aromatic rings. The summed E-state index contributed by atoms with van der Waals surface area (Å²) in [7, 11) is -4.75. The summed E-state index contributed by atoms with van der Waals surface area (Å²) >= 11 is 0. The van der Waals surface area contributed by atoms with Gasteiger partial charge in [-0.05, 0) is 12.2 Å². The van der Waals surface area contributed by atoms with E-state index in [-0.39, 0.29) is 51.8 Å². The van der Waals surface area contributed by atoms with Gasteiger partial charge < -0.3 is 33.9 Å². The van der Waals surface area contributed by atoms with Crippen LogP contribution in [0, 0.1) is 0 Å². The fourth-order valence-electron chi connectivity index (χ4n) is 4.35. The Bertz CT molecular complexity index is 1410. The van der Waals surface area contributed by atoms with Gasteiger partial charge in [0.1, 0.15) is 12.2 Å². The van der Waals surface area contributed by atoms with Crippen LogP contribution in [0.4, 0.5) is 18.4 Å². The van der Waals surface area contributed by atoms with Gasteiger partial charge in [-0.2, -0.15) is 37.1 Å². The maximum Gasteiger partial charge on any atom is 1.00 e. The third-order valence-electron chi connectivity index (χ3n) is 6.02. The molecule has 1 aromatic heterocycles. The van der Waals surface area contributed by atoms with E-state index in [0.29, 0.717) is 27.2 Å². The van der Waals surface area contributed by atoms with Gasteiger partial charge in [-0.25, -0.2) is 9.59 Å². The number of rotatable bonds is 7. The smallest absolute Gasteiger partial charge is 0.542 e. The fraction of sp³-hybridized carbons (Fsp3) is 0.421. The van der Waals surface area contributed by atoms with Crippen LogP contribution in [-0.2, 0) is 29.1 Å². The van der Waals surface area contributed by atoms with E-state index in [4.69, 9.17) is 9.29 Å². The molecule has 2 saturated heterocycles. The monoisotopic (exact) mass is 597 g/mol. The number of hydrogen-bond donors (Lipinski definition) is 1. The molecule has 22 heteroatoms. The Kier molecular flexibility index (Phi) is 8.30. The molecule has 0 aliphatic carbocycles. The second kappa shape index (κ2) is 11.3. The third kappa shape index (κ3) is 6.29. The van der Waals surface area contributed by atoms with Crippen LogP contribution in [0.25, 0.3) is 5.57 Å². The van der Waals surface area contributed by atoms with Crippen LogP contribution < -0.4 is 24.0 Å². The predicted octanol–water partition coefficient (Wildman–Crippen LogP) is -4.66. The Balaban J connectivity index is 0.000000185. The molecule has 6 heterocycles. The second-order valence-corrected chi connectivity index (χ2v) is 9.67. The summed E-state index contributed by atoms with van der Waals surface area (Å²) in [4.78, 5) is 46.3. The summed E-state index contributed by atoms with van der Waals surface area (Å²) in [5.74, 6) is -2.39. The van der Waals surface area contributed by atoms with Gasteiger partial charge >= 0.3 is 47.4 Å². The average Bonchev–Trinajstić information content (AvgIpc) is 3.69. The molecule has 2 fully saturated rings. The first-order chi connectivity index (χ1) is 18.8. The number of halogens is 2. The maximum absolute atomic E-state index is 13.1. The molecule has 4 amide bonds. The summed E-state index contributed by atoms with van der Waals surface area (Å²) in [6, 6.07) is -2.93. The molecule has 5 aliphatic heterocycles. The summed E-state index contributed by atoms with van der Waals surface area (Å²) in [6.07, 6.45) is 2.84. The van der Waals surface area contributed by atoms with Crippen LogP contribution >= 0.6 is 0 Å². The molecule has 2 unspecified atom stereocenters. The normalized spacial score (nSPS) is 23.1. The summed E-state index contributed by atoms with van der Waals surface area (Å²) in [6.45, 7) is 1.07. The standard InChI is InChI=1S/C11H11F2N3O5.C8H8N4O6S.Li/c12-11(13,9(17)18)21-16-8-3-7(14-1-2-20-6-14)4-15(5-8)10(16)19;13-8-11-2-5(7-9-4-17-10-7)1-6(3-11)12(8)18-19(14,15)16;/h1-3,8H,4-6H2,(H,17,18);1,4,6H,2-3H2,(H,14,15,16);/q;;+1/p-1. The number of urea groups is 2. The molecule has 2 atom stereocenters.